The molecular formula is C17H28F2IN3O2. The van der Waals surface area contributed by atoms with Gasteiger partial charge in [-0.05, 0) is 19.9 Å². The number of nitrogens with zero attached hydrogens (tertiary/aromatic N) is 1. The van der Waals surface area contributed by atoms with Crippen molar-refractivity contribution in [2.24, 2.45) is 10.4 Å². The smallest absolute Gasteiger partial charge is 0.387 e. The summed E-state index contributed by atoms with van der Waals surface area (Å²) < 4.78 is 29.6. The van der Waals surface area contributed by atoms with Crippen LogP contribution in [-0.2, 0) is 6.54 Å². The maximum Gasteiger partial charge on any atom is 0.387 e. The number of aliphatic hydroxyl groups is 1. The summed E-state index contributed by atoms with van der Waals surface area (Å²) in [5, 5.41) is 15.5. The number of aliphatic hydroxyl groups excluding tert-OH is 1. The molecule has 1 aromatic carbocycles. The molecule has 0 aromatic heterocycles. The number of hydrogen-bond acceptors (Lipinski definition) is 3. The highest BCUT2D eigenvalue weighted by atomic mass is 127. The van der Waals surface area contributed by atoms with Crippen molar-refractivity contribution >= 4 is 29.9 Å². The molecule has 1 rings (SSSR count). The van der Waals surface area contributed by atoms with E-state index >= 15 is 0 Å². The fourth-order valence-corrected chi connectivity index (χ4v) is 1.93. The second-order valence-corrected chi connectivity index (χ2v) is 6.36. The van der Waals surface area contributed by atoms with Crippen molar-refractivity contribution in [3.63, 3.8) is 0 Å². The first-order valence-electron chi connectivity index (χ1n) is 7.95. The van der Waals surface area contributed by atoms with E-state index in [0.717, 1.165) is 5.56 Å². The second kappa shape index (κ2) is 11.5. The average Bonchev–Trinajstić information content (AvgIpc) is 2.52. The normalized spacial score (nSPS) is 11.9. The summed E-state index contributed by atoms with van der Waals surface area (Å²) in [5.41, 5.74) is 1.25. The van der Waals surface area contributed by atoms with Gasteiger partial charge in [0.1, 0.15) is 5.75 Å². The summed E-state index contributed by atoms with van der Waals surface area (Å²) in [7, 11) is 0. The molecule has 0 heterocycles. The van der Waals surface area contributed by atoms with Gasteiger partial charge in [-0.15, -0.1) is 24.0 Å². The Morgan fingerprint density at radius 2 is 2.00 bits per heavy atom. The van der Waals surface area contributed by atoms with Crippen LogP contribution < -0.4 is 15.4 Å². The minimum Gasteiger partial charge on any atom is -0.434 e. The molecular weight excluding hydrogens is 443 g/mol. The minimum absolute atomic E-state index is 0. The molecule has 0 aliphatic heterocycles. The topological polar surface area (TPSA) is 65.9 Å². The van der Waals surface area contributed by atoms with Gasteiger partial charge in [-0.3, -0.25) is 0 Å². The number of rotatable bonds is 8. The van der Waals surface area contributed by atoms with Crippen LogP contribution in [0.25, 0.3) is 0 Å². The van der Waals surface area contributed by atoms with Crippen molar-refractivity contribution in [3.8, 4) is 5.75 Å². The monoisotopic (exact) mass is 471 g/mol. The Kier molecular flexibility index (Phi) is 10.9. The van der Waals surface area contributed by atoms with Crippen LogP contribution in [0.1, 0.15) is 31.9 Å². The summed E-state index contributed by atoms with van der Waals surface area (Å²) in [6.45, 7) is 6.26. The number of alkyl halides is 2. The molecule has 144 valence electrons. The van der Waals surface area contributed by atoms with Gasteiger partial charge in [0.25, 0.3) is 0 Å². The SMILES string of the molecule is CCNC(=NCc1cc(C)ccc1OC(F)F)NCC(C)(C)CO.I. The molecule has 0 spiro atoms. The van der Waals surface area contributed by atoms with Gasteiger partial charge < -0.3 is 20.5 Å². The number of benzene rings is 1. The van der Waals surface area contributed by atoms with Crippen LogP contribution in [0, 0.1) is 12.3 Å². The van der Waals surface area contributed by atoms with Crippen LogP contribution in [0.5, 0.6) is 5.75 Å². The predicted molar refractivity (Wildman–Crippen MR) is 107 cm³/mol. The average molecular weight is 471 g/mol. The van der Waals surface area contributed by atoms with Crippen LogP contribution in [0.3, 0.4) is 0 Å². The minimum atomic E-state index is -2.87. The molecule has 5 nitrogen and oxygen atoms in total. The quantitative estimate of drug-likeness (QED) is 0.310. The summed E-state index contributed by atoms with van der Waals surface area (Å²) in [4.78, 5) is 4.42. The maximum atomic E-state index is 12.5. The van der Waals surface area contributed by atoms with E-state index in [-0.39, 0.29) is 48.3 Å². The predicted octanol–water partition coefficient (Wildman–Crippen LogP) is 3.29. The van der Waals surface area contributed by atoms with Crippen LogP contribution in [-0.4, -0.2) is 37.4 Å². The molecule has 0 fully saturated rings. The van der Waals surface area contributed by atoms with Gasteiger partial charge in [0.15, 0.2) is 5.96 Å². The standard InChI is InChI=1S/C17H27F2N3O2.HI/c1-5-20-16(22-10-17(3,4)11-23)21-9-13-8-12(2)6-7-14(13)24-15(18)19;/h6-8,15,23H,5,9-11H2,1-4H3,(H2,20,21,22);1H. The van der Waals surface area contributed by atoms with Crippen LogP contribution in [0.2, 0.25) is 0 Å². The van der Waals surface area contributed by atoms with Gasteiger partial charge in [-0.2, -0.15) is 8.78 Å². The highest BCUT2D eigenvalue weighted by molar-refractivity contribution is 14.0. The van der Waals surface area contributed by atoms with E-state index < -0.39 is 6.61 Å². The van der Waals surface area contributed by atoms with Crippen molar-refractivity contribution < 1.29 is 18.6 Å². The maximum absolute atomic E-state index is 12.5. The van der Waals surface area contributed by atoms with E-state index in [2.05, 4.69) is 20.4 Å². The highest BCUT2D eigenvalue weighted by Crippen LogP contribution is 2.23. The van der Waals surface area contributed by atoms with E-state index in [4.69, 9.17) is 0 Å². The molecule has 0 aliphatic rings. The third kappa shape index (κ3) is 9.20. The van der Waals surface area contributed by atoms with Crippen molar-refractivity contribution in [2.45, 2.75) is 40.9 Å². The molecule has 0 saturated carbocycles. The van der Waals surface area contributed by atoms with Crippen LogP contribution >= 0.6 is 24.0 Å². The zero-order valence-electron chi connectivity index (χ0n) is 15.1. The number of aryl methyl sites for hydroxylation is 1. The Hall–Kier alpha value is -1.16. The van der Waals surface area contributed by atoms with Gasteiger partial charge in [0.05, 0.1) is 6.54 Å². The number of halogens is 3. The molecule has 3 N–H and O–H groups in total. The van der Waals surface area contributed by atoms with Crippen LogP contribution in [0.15, 0.2) is 23.2 Å². The van der Waals surface area contributed by atoms with Crippen molar-refractivity contribution in [2.75, 3.05) is 19.7 Å². The third-order valence-electron chi connectivity index (χ3n) is 3.35. The molecule has 0 bridgehead atoms. The Balaban J connectivity index is 0.00000576. The Labute approximate surface area is 165 Å². The number of ether oxygens (including phenoxy) is 1. The molecule has 0 unspecified atom stereocenters. The summed E-state index contributed by atoms with van der Waals surface area (Å²) in [5.74, 6) is 0.689. The lowest BCUT2D eigenvalue weighted by molar-refractivity contribution is -0.0504. The Bertz CT molecular complexity index is 555. The van der Waals surface area contributed by atoms with E-state index in [1.807, 2.05) is 27.7 Å². The van der Waals surface area contributed by atoms with E-state index in [9.17, 15) is 13.9 Å². The fourth-order valence-electron chi connectivity index (χ4n) is 1.93. The molecule has 0 radical (unpaired) electrons. The molecule has 8 heteroatoms. The first kappa shape index (κ1) is 23.8. The Morgan fingerprint density at radius 1 is 1.32 bits per heavy atom. The number of guanidine groups is 1. The lowest BCUT2D eigenvalue weighted by atomic mass is 9.95. The zero-order chi connectivity index (χ0) is 18.2. The summed E-state index contributed by atoms with van der Waals surface area (Å²) in [6, 6.07) is 5.03. The highest BCUT2D eigenvalue weighted by Gasteiger charge is 2.17. The number of nitrogens with one attached hydrogen (secondary N) is 2. The van der Waals surface area contributed by atoms with Crippen molar-refractivity contribution in [3.05, 3.63) is 29.3 Å². The van der Waals surface area contributed by atoms with E-state index in [1.54, 1.807) is 12.1 Å². The number of hydrogen-bond donors (Lipinski definition) is 3. The number of aliphatic imine (C=N–C) groups is 1. The molecule has 0 atom stereocenters. The van der Waals surface area contributed by atoms with E-state index in [1.165, 1.54) is 6.07 Å². The summed E-state index contributed by atoms with van der Waals surface area (Å²) in [6.07, 6.45) is 0. The van der Waals surface area contributed by atoms with E-state index in [0.29, 0.717) is 24.6 Å². The van der Waals surface area contributed by atoms with Crippen LogP contribution in [0.4, 0.5) is 8.78 Å². The summed E-state index contributed by atoms with van der Waals surface area (Å²) >= 11 is 0. The van der Waals surface area contributed by atoms with Gasteiger partial charge in [-0.25, -0.2) is 4.99 Å². The molecule has 0 amide bonds. The van der Waals surface area contributed by atoms with Gasteiger partial charge in [0.2, 0.25) is 0 Å². The second-order valence-electron chi connectivity index (χ2n) is 6.36. The zero-order valence-corrected chi connectivity index (χ0v) is 17.4. The molecule has 1 aromatic rings. The lowest BCUT2D eigenvalue weighted by Crippen LogP contribution is -2.43. The van der Waals surface area contributed by atoms with Gasteiger partial charge >= 0.3 is 6.61 Å². The lowest BCUT2D eigenvalue weighted by Gasteiger charge is -2.23. The fraction of sp³-hybridized carbons (Fsp3) is 0.588. The molecule has 0 saturated heterocycles. The largest absolute Gasteiger partial charge is 0.434 e. The van der Waals surface area contributed by atoms with Gasteiger partial charge in [-0.1, -0.05) is 31.5 Å². The molecule has 0 aliphatic carbocycles. The van der Waals surface area contributed by atoms with Crippen molar-refractivity contribution in [1.29, 1.82) is 0 Å². The van der Waals surface area contributed by atoms with Crippen molar-refractivity contribution in [1.82, 2.24) is 10.6 Å². The first-order chi connectivity index (χ1) is 11.3. The third-order valence-corrected chi connectivity index (χ3v) is 3.35. The first-order valence-corrected chi connectivity index (χ1v) is 7.95. The van der Waals surface area contributed by atoms with Gasteiger partial charge in [0, 0.05) is 30.7 Å². The Morgan fingerprint density at radius 3 is 2.56 bits per heavy atom. The molecule has 25 heavy (non-hydrogen) atoms.